The van der Waals surface area contributed by atoms with E-state index in [0.717, 1.165) is 44.1 Å². The molecule has 40 heavy (non-hydrogen) atoms. The van der Waals surface area contributed by atoms with Crippen molar-refractivity contribution in [1.82, 2.24) is 19.7 Å². The summed E-state index contributed by atoms with van der Waals surface area (Å²) >= 11 is 0. The van der Waals surface area contributed by atoms with Gasteiger partial charge in [-0.2, -0.15) is 5.10 Å². The van der Waals surface area contributed by atoms with E-state index in [1.165, 1.54) is 13.0 Å². The quantitative estimate of drug-likeness (QED) is 0.312. The molecule has 0 bridgehead atoms. The molecular weight excluding hydrogens is 541 g/mol. The summed E-state index contributed by atoms with van der Waals surface area (Å²) in [6.07, 6.45) is 5.14. The lowest BCUT2D eigenvalue weighted by atomic mass is 10.0. The van der Waals surface area contributed by atoms with Crippen LogP contribution >= 0.6 is 0 Å². The molecule has 2 aromatic carbocycles. The lowest BCUT2D eigenvalue weighted by Gasteiger charge is -2.29. The van der Waals surface area contributed by atoms with Crippen LogP contribution in [-0.2, 0) is 15.8 Å². The minimum absolute atomic E-state index is 0.105. The SMILES string of the molecule is CC(=O)Nc1cc(-c2cn(C3CCN(C)CC3)nc2-c2cccc(NS(=O)c3cc(F)ccc3F)c2F)ccn1. The molecule has 1 aliphatic rings. The van der Waals surface area contributed by atoms with Crippen LogP contribution in [0.2, 0.25) is 0 Å². The van der Waals surface area contributed by atoms with Gasteiger partial charge in [0.25, 0.3) is 0 Å². The number of carbonyl (C=O) groups is 1. The van der Waals surface area contributed by atoms with Crippen molar-refractivity contribution in [3.8, 4) is 22.4 Å². The van der Waals surface area contributed by atoms with Gasteiger partial charge in [0, 0.05) is 30.4 Å². The Hall–Kier alpha value is -4.03. The van der Waals surface area contributed by atoms with Crippen molar-refractivity contribution in [3.63, 3.8) is 0 Å². The Morgan fingerprint density at radius 3 is 2.58 bits per heavy atom. The summed E-state index contributed by atoms with van der Waals surface area (Å²) in [6, 6.07) is 10.6. The number of hydrogen-bond donors (Lipinski definition) is 2. The first-order valence-electron chi connectivity index (χ1n) is 12.6. The van der Waals surface area contributed by atoms with Crippen LogP contribution in [0.15, 0.2) is 65.8 Å². The molecule has 1 atom stereocenters. The highest BCUT2D eigenvalue weighted by atomic mass is 32.2. The van der Waals surface area contributed by atoms with Gasteiger partial charge in [-0.1, -0.05) is 6.07 Å². The number of amides is 1. The molecule has 2 aromatic heterocycles. The van der Waals surface area contributed by atoms with Crippen molar-refractivity contribution in [2.24, 2.45) is 0 Å². The molecule has 1 fully saturated rings. The first-order valence-corrected chi connectivity index (χ1v) is 13.8. The number of carbonyl (C=O) groups excluding carboxylic acids is 1. The zero-order valence-electron chi connectivity index (χ0n) is 21.8. The molecule has 1 amide bonds. The molecule has 8 nitrogen and oxygen atoms in total. The fraction of sp³-hybridized carbons (Fsp3) is 0.250. The second-order valence-electron chi connectivity index (χ2n) is 9.63. The summed E-state index contributed by atoms with van der Waals surface area (Å²) in [7, 11) is -0.207. The van der Waals surface area contributed by atoms with Gasteiger partial charge >= 0.3 is 0 Å². The van der Waals surface area contributed by atoms with Crippen LogP contribution in [0.4, 0.5) is 24.7 Å². The third kappa shape index (κ3) is 5.92. The topological polar surface area (TPSA) is 92.2 Å². The summed E-state index contributed by atoms with van der Waals surface area (Å²) < 4.78 is 60.9. The number of hydrogen-bond acceptors (Lipinski definition) is 5. The van der Waals surface area contributed by atoms with Gasteiger partial charge in [0.05, 0.1) is 16.6 Å². The fourth-order valence-corrected chi connectivity index (χ4v) is 5.60. The van der Waals surface area contributed by atoms with E-state index in [-0.39, 0.29) is 23.2 Å². The maximum Gasteiger partial charge on any atom is 0.222 e. The van der Waals surface area contributed by atoms with Crippen LogP contribution < -0.4 is 10.0 Å². The summed E-state index contributed by atoms with van der Waals surface area (Å²) in [6.45, 7) is 3.17. The second-order valence-corrected chi connectivity index (χ2v) is 10.8. The van der Waals surface area contributed by atoms with Gasteiger partial charge in [-0.25, -0.2) is 22.4 Å². The lowest BCUT2D eigenvalue weighted by molar-refractivity contribution is -0.114. The molecule has 0 radical (unpaired) electrons. The third-order valence-corrected chi connectivity index (χ3v) is 7.84. The van der Waals surface area contributed by atoms with Gasteiger partial charge in [0.2, 0.25) is 5.91 Å². The zero-order valence-corrected chi connectivity index (χ0v) is 22.6. The first-order chi connectivity index (χ1) is 19.2. The minimum atomic E-state index is -2.27. The molecule has 4 aromatic rings. The number of nitrogens with zero attached hydrogens (tertiary/aromatic N) is 4. The van der Waals surface area contributed by atoms with Crippen LogP contribution in [0.5, 0.6) is 0 Å². The normalized spacial score (nSPS) is 15.1. The molecule has 1 unspecified atom stereocenters. The standard InChI is InChI=1S/C28H27F3N6O2S/c1-17(38)33-26-14-18(8-11-32-26)22-16-37(20-9-12-36(2)13-10-20)34-28(22)21-4-3-5-24(27(21)31)35-40(39)25-15-19(29)6-7-23(25)30/h3-8,11,14-16,20,35H,9-10,12-13H2,1-2H3,(H,32,33,38). The summed E-state index contributed by atoms with van der Waals surface area (Å²) in [5.41, 5.74) is 1.58. The fourth-order valence-electron chi connectivity index (χ4n) is 4.66. The van der Waals surface area contributed by atoms with Crippen LogP contribution in [-0.4, -0.2) is 49.9 Å². The molecule has 0 saturated carbocycles. The number of piperidine rings is 1. The highest BCUT2D eigenvalue weighted by molar-refractivity contribution is 7.86. The average molecular weight is 569 g/mol. The van der Waals surface area contributed by atoms with Gasteiger partial charge < -0.3 is 10.2 Å². The number of anilines is 2. The van der Waals surface area contributed by atoms with E-state index in [0.29, 0.717) is 22.6 Å². The van der Waals surface area contributed by atoms with E-state index in [1.807, 2.05) is 10.9 Å². The van der Waals surface area contributed by atoms with Crippen molar-refractivity contribution in [2.75, 3.05) is 30.2 Å². The Labute approximate surface area is 231 Å². The highest BCUT2D eigenvalue weighted by Gasteiger charge is 2.25. The Morgan fingerprint density at radius 2 is 1.82 bits per heavy atom. The Kier molecular flexibility index (Phi) is 7.99. The molecule has 0 spiro atoms. The molecule has 3 heterocycles. The summed E-state index contributed by atoms with van der Waals surface area (Å²) in [5.74, 6) is -2.33. The average Bonchev–Trinajstić information content (AvgIpc) is 3.36. The Balaban J connectivity index is 1.56. The van der Waals surface area contributed by atoms with Crippen LogP contribution in [0.3, 0.4) is 0 Å². The van der Waals surface area contributed by atoms with Crippen LogP contribution in [0.1, 0.15) is 25.8 Å². The van der Waals surface area contributed by atoms with Gasteiger partial charge in [0.15, 0.2) is 16.8 Å². The highest BCUT2D eigenvalue weighted by Crippen LogP contribution is 2.37. The lowest BCUT2D eigenvalue weighted by Crippen LogP contribution is -2.31. The molecule has 5 rings (SSSR count). The predicted molar refractivity (Wildman–Crippen MR) is 147 cm³/mol. The Morgan fingerprint density at radius 1 is 1.05 bits per heavy atom. The largest absolute Gasteiger partial charge is 0.311 e. The number of likely N-dealkylation sites (tertiary alicyclic amines) is 1. The maximum absolute atomic E-state index is 16.0. The third-order valence-electron chi connectivity index (χ3n) is 6.72. The minimum Gasteiger partial charge on any atom is -0.311 e. The van der Waals surface area contributed by atoms with Crippen molar-refractivity contribution < 1.29 is 22.2 Å². The van der Waals surface area contributed by atoms with Crippen molar-refractivity contribution >= 4 is 28.4 Å². The maximum atomic E-state index is 16.0. The number of halogens is 3. The van der Waals surface area contributed by atoms with Crippen LogP contribution in [0.25, 0.3) is 22.4 Å². The molecule has 2 N–H and O–H groups in total. The van der Waals surface area contributed by atoms with E-state index in [2.05, 4.69) is 27.0 Å². The molecule has 12 heteroatoms. The number of benzene rings is 2. The van der Waals surface area contributed by atoms with Crippen molar-refractivity contribution in [3.05, 3.63) is 78.4 Å². The molecule has 208 valence electrons. The van der Waals surface area contributed by atoms with E-state index in [4.69, 9.17) is 5.10 Å². The van der Waals surface area contributed by atoms with Gasteiger partial charge in [-0.15, -0.1) is 0 Å². The molecular formula is C28H27F3N6O2S. The van der Waals surface area contributed by atoms with Gasteiger partial charge in [0.1, 0.15) is 23.1 Å². The predicted octanol–water partition coefficient (Wildman–Crippen LogP) is 5.39. The number of rotatable bonds is 7. The van der Waals surface area contributed by atoms with E-state index in [1.54, 1.807) is 30.5 Å². The van der Waals surface area contributed by atoms with E-state index >= 15 is 4.39 Å². The number of aromatic nitrogens is 3. The van der Waals surface area contributed by atoms with E-state index in [9.17, 15) is 17.8 Å². The van der Waals surface area contributed by atoms with Crippen molar-refractivity contribution in [2.45, 2.75) is 30.7 Å². The molecule has 1 saturated heterocycles. The monoisotopic (exact) mass is 568 g/mol. The first kappa shape index (κ1) is 27.5. The Bertz CT molecular complexity index is 1590. The smallest absolute Gasteiger partial charge is 0.222 e. The van der Waals surface area contributed by atoms with E-state index < -0.39 is 33.3 Å². The van der Waals surface area contributed by atoms with Gasteiger partial charge in [-0.3, -0.25) is 14.2 Å². The van der Waals surface area contributed by atoms with Crippen LogP contribution in [0, 0.1) is 17.5 Å². The number of pyridine rings is 1. The summed E-state index contributed by atoms with van der Waals surface area (Å²) in [4.78, 5) is 17.6. The molecule has 0 aliphatic carbocycles. The number of nitrogens with one attached hydrogen (secondary N) is 2. The van der Waals surface area contributed by atoms with Crippen molar-refractivity contribution in [1.29, 1.82) is 0 Å². The zero-order chi connectivity index (χ0) is 28.4. The summed E-state index contributed by atoms with van der Waals surface area (Å²) in [5, 5.41) is 7.46. The van der Waals surface area contributed by atoms with Gasteiger partial charge in [-0.05, 0) is 81.0 Å². The second kappa shape index (κ2) is 11.6. The molecule has 1 aliphatic heterocycles.